The van der Waals surface area contributed by atoms with E-state index in [1.165, 1.54) is 0 Å². The Morgan fingerprint density at radius 1 is 1.23 bits per heavy atom. The van der Waals surface area contributed by atoms with Gasteiger partial charge in [0.05, 0.1) is 24.5 Å². The smallest absolute Gasteiger partial charge is 0.273 e. The van der Waals surface area contributed by atoms with Gasteiger partial charge in [0.2, 0.25) is 0 Å². The number of likely N-dealkylation sites (tertiary alicyclic amines) is 1. The number of nitrogens with zero attached hydrogens (tertiary/aromatic N) is 5. The van der Waals surface area contributed by atoms with E-state index in [1.807, 2.05) is 35.2 Å². The second-order valence-corrected chi connectivity index (χ2v) is 7.49. The Hall–Kier alpha value is -3.49. The fourth-order valence-corrected chi connectivity index (χ4v) is 3.80. The van der Waals surface area contributed by atoms with Gasteiger partial charge in [0.1, 0.15) is 11.3 Å². The number of aromatic nitrogens is 4. The average molecular weight is 408 g/mol. The Kier molecular flexibility index (Phi) is 5.60. The zero-order valence-corrected chi connectivity index (χ0v) is 17.0. The van der Waals surface area contributed by atoms with Crippen LogP contribution in [0.15, 0.2) is 41.1 Å². The quantitative estimate of drug-likeness (QED) is 0.670. The molecule has 1 aromatic carbocycles. The number of hydrogen-bond donors (Lipinski definition) is 1. The van der Waals surface area contributed by atoms with E-state index < -0.39 is 0 Å². The molecule has 0 radical (unpaired) electrons. The van der Waals surface area contributed by atoms with Crippen LogP contribution in [0.3, 0.4) is 0 Å². The maximum Gasteiger partial charge on any atom is 0.273 e. The van der Waals surface area contributed by atoms with Crippen molar-refractivity contribution in [3.8, 4) is 0 Å². The third kappa shape index (κ3) is 4.10. The Bertz CT molecular complexity index is 1020. The molecule has 1 aliphatic rings. The van der Waals surface area contributed by atoms with Gasteiger partial charge in [0.15, 0.2) is 5.69 Å². The first-order chi connectivity index (χ1) is 14.5. The highest BCUT2D eigenvalue weighted by Crippen LogP contribution is 2.24. The Morgan fingerprint density at radius 3 is 2.77 bits per heavy atom. The number of amides is 2. The van der Waals surface area contributed by atoms with Gasteiger partial charge in [-0.25, -0.2) is 4.68 Å². The Morgan fingerprint density at radius 2 is 2.03 bits per heavy atom. The minimum absolute atomic E-state index is 0.0203. The van der Waals surface area contributed by atoms with E-state index in [0.29, 0.717) is 36.7 Å². The lowest BCUT2D eigenvalue weighted by Crippen LogP contribution is -2.38. The molecule has 1 N–H and O–H groups in total. The largest absolute Gasteiger partial charge is 0.361 e. The van der Waals surface area contributed by atoms with Crippen LogP contribution >= 0.6 is 0 Å². The molecule has 2 aromatic heterocycles. The molecular weight excluding hydrogens is 384 g/mol. The van der Waals surface area contributed by atoms with Crippen molar-refractivity contribution in [3.05, 3.63) is 64.8 Å². The summed E-state index contributed by atoms with van der Waals surface area (Å²) in [4.78, 5) is 27.2. The second-order valence-electron chi connectivity index (χ2n) is 7.49. The first kappa shape index (κ1) is 19.8. The fraction of sp³-hybridized carbons (Fsp3) is 0.381. The topological polar surface area (TPSA) is 106 Å². The molecule has 1 fully saturated rings. The van der Waals surface area contributed by atoms with E-state index in [-0.39, 0.29) is 23.6 Å². The molecular formula is C21H24N6O3. The lowest BCUT2D eigenvalue weighted by Gasteiger charge is -2.24. The van der Waals surface area contributed by atoms with Gasteiger partial charge >= 0.3 is 0 Å². The van der Waals surface area contributed by atoms with Crippen LogP contribution in [0.1, 0.15) is 50.7 Å². The number of rotatable bonds is 6. The summed E-state index contributed by atoms with van der Waals surface area (Å²) in [5.41, 5.74) is 2.40. The molecule has 9 nitrogen and oxygen atoms in total. The van der Waals surface area contributed by atoms with Gasteiger partial charge in [0, 0.05) is 13.1 Å². The summed E-state index contributed by atoms with van der Waals surface area (Å²) in [5, 5.41) is 14.8. The first-order valence-electron chi connectivity index (χ1n) is 9.99. The van der Waals surface area contributed by atoms with Crippen LogP contribution in [-0.4, -0.2) is 49.5 Å². The Labute approximate surface area is 174 Å². The van der Waals surface area contributed by atoms with Crippen molar-refractivity contribution in [2.75, 3.05) is 6.54 Å². The van der Waals surface area contributed by atoms with Crippen molar-refractivity contribution >= 4 is 11.8 Å². The predicted octanol–water partition coefficient (Wildman–Crippen LogP) is 2.12. The molecule has 0 spiro atoms. The summed E-state index contributed by atoms with van der Waals surface area (Å²) >= 11 is 0. The normalized spacial score (nSPS) is 16.1. The fourth-order valence-electron chi connectivity index (χ4n) is 3.80. The monoisotopic (exact) mass is 408 g/mol. The molecule has 9 heteroatoms. The molecule has 0 aliphatic carbocycles. The number of hydrogen-bond acceptors (Lipinski definition) is 6. The van der Waals surface area contributed by atoms with Crippen LogP contribution in [0.25, 0.3) is 0 Å². The minimum Gasteiger partial charge on any atom is -0.361 e. The molecule has 0 bridgehead atoms. The molecule has 1 saturated heterocycles. The Balaban J connectivity index is 1.39. The molecule has 0 saturated carbocycles. The van der Waals surface area contributed by atoms with Gasteiger partial charge < -0.3 is 14.7 Å². The summed E-state index contributed by atoms with van der Waals surface area (Å²) in [6.07, 6.45) is 3.40. The van der Waals surface area contributed by atoms with E-state index >= 15 is 0 Å². The van der Waals surface area contributed by atoms with Crippen molar-refractivity contribution < 1.29 is 14.1 Å². The molecule has 3 heterocycles. The molecule has 3 aromatic rings. The average Bonchev–Trinajstić information content (AvgIpc) is 3.48. The molecule has 1 aliphatic heterocycles. The van der Waals surface area contributed by atoms with E-state index in [1.54, 1.807) is 24.7 Å². The van der Waals surface area contributed by atoms with Gasteiger partial charge in [-0.05, 0) is 32.3 Å². The van der Waals surface area contributed by atoms with Crippen molar-refractivity contribution in [1.82, 2.24) is 30.4 Å². The number of aryl methyl sites for hydroxylation is 2. The molecule has 2 amide bonds. The van der Waals surface area contributed by atoms with Gasteiger partial charge in [-0.15, -0.1) is 5.10 Å². The molecule has 30 heavy (non-hydrogen) atoms. The summed E-state index contributed by atoms with van der Waals surface area (Å²) in [5.74, 6) is 0.177. The van der Waals surface area contributed by atoms with Crippen LogP contribution < -0.4 is 5.32 Å². The van der Waals surface area contributed by atoms with Crippen molar-refractivity contribution in [2.45, 2.75) is 45.8 Å². The SMILES string of the molecule is Cc1noc(C)c1C(=O)N1CCC[C@H]1Cn1cc(C(=O)NCc2ccccc2)nn1. The van der Waals surface area contributed by atoms with Crippen molar-refractivity contribution in [2.24, 2.45) is 0 Å². The van der Waals surface area contributed by atoms with Gasteiger partial charge in [-0.3, -0.25) is 9.59 Å². The number of carbonyl (C=O) groups is 2. The zero-order valence-electron chi connectivity index (χ0n) is 17.0. The van der Waals surface area contributed by atoms with Crippen LogP contribution in [0.4, 0.5) is 0 Å². The summed E-state index contributed by atoms with van der Waals surface area (Å²) in [6, 6.07) is 9.65. The predicted molar refractivity (Wildman–Crippen MR) is 108 cm³/mol. The third-order valence-corrected chi connectivity index (χ3v) is 5.35. The van der Waals surface area contributed by atoms with Crippen molar-refractivity contribution in [1.29, 1.82) is 0 Å². The van der Waals surface area contributed by atoms with Crippen LogP contribution in [0.2, 0.25) is 0 Å². The standard InChI is InChI=1S/C21H24N6O3/c1-14-19(15(2)30-24-14)21(29)27-10-6-9-17(27)12-26-13-18(23-25-26)20(28)22-11-16-7-4-3-5-8-16/h3-5,7-8,13,17H,6,9-12H2,1-2H3,(H,22,28)/t17-/m0/s1. The summed E-state index contributed by atoms with van der Waals surface area (Å²) < 4.78 is 6.77. The highest BCUT2D eigenvalue weighted by molar-refractivity contribution is 5.96. The van der Waals surface area contributed by atoms with E-state index in [2.05, 4.69) is 20.8 Å². The lowest BCUT2D eigenvalue weighted by molar-refractivity contribution is 0.0718. The third-order valence-electron chi connectivity index (χ3n) is 5.35. The van der Waals surface area contributed by atoms with Crippen molar-refractivity contribution in [3.63, 3.8) is 0 Å². The number of benzene rings is 1. The van der Waals surface area contributed by atoms with Crippen LogP contribution in [0.5, 0.6) is 0 Å². The zero-order chi connectivity index (χ0) is 21.1. The summed E-state index contributed by atoms with van der Waals surface area (Å²) in [7, 11) is 0. The minimum atomic E-state index is -0.278. The second kappa shape index (κ2) is 8.48. The van der Waals surface area contributed by atoms with Gasteiger partial charge in [0.25, 0.3) is 11.8 Å². The highest BCUT2D eigenvalue weighted by Gasteiger charge is 2.33. The molecule has 1 atom stereocenters. The van der Waals surface area contributed by atoms with E-state index in [0.717, 1.165) is 18.4 Å². The van der Waals surface area contributed by atoms with E-state index in [4.69, 9.17) is 4.52 Å². The number of nitrogens with one attached hydrogen (secondary N) is 1. The lowest BCUT2D eigenvalue weighted by atomic mass is 10.1. The van der Waals surface area contributed by atoms with Gasteiger partial charge in [-0.2, -0.15) is 0 Å². The highest BCUT2D eigenvalue weighted by atomic mass is 16.5. The van der Waals surface area contributed by atoms with Crippen LogP contribution in [-0.2, 0) is 13.1 Å². The van der Waals surface area contributed by atoms with Crippen LogP contribution in [0, 0.1) is 13.8 Å². The molecule has 156 valence electrons. The van der Waals surface area contributed by atoms with E-state index in [9.17, 15) is 9.59 Å². The summed E-state index contributed by atoms with van der Waals surface area (Å²) in [6.45, 7) is 5.10. The van der Waals surface area contributed by atoms with Gasteiger partial charge in [-0.1, -0.05) is 40.7 Å². The molecule has 4 rings (SSSR count). The number of carbonyl (C=O) groups excluding carboxylic acids is 2. The maximum absolute atomic E-state index is 13.0. The molecule has 0 unspecified atom stereocenters. The first-order valence-corrected chi connectivity index (χ1v) is 9.99. The maximum atomic E-state index is 13.0.